The Balaban J connectivity index is 0.00000159. The third-order valence-electron chi connectivity index (χ3n) is 8.16. The van der Waals surface area contributed by atoms with Crippen LogP contribution in [0.4, 0.5) is 5.69 Å². The van der Waals surface area contributed by atoms with Crippen molar-refractivity contribution in [1.82, 2.24) is 31.2 Å². The lowest BCUT2D eigenvalue weighted by molar-refractivity contribution is -0.137. The van der Waals surface area contributed by atoms with Crippen molar-refractivity contribution in [3.8, 4) is 0 Å². The molecule has 0 fully saturated rings. The van der Waals surface area contributed by atoms with Crippen LogP contribution in [0.25, 0.3) is 10.2 Å². The number of anilines is 1. The van der Waals surface area contributed by atoms with Crippen LogP contribution in [0.5, 0.6) is 0 Å². The minimum atomic E-state index is -0.973. The second-order valence-electron chi connectivity index (χ2n) is 14.7. The number of fused-ring (bicyclic) bond motifs is 1. The fourth-order valence-electron chi connectivity index (χ4n) is 5.43. The summed E-state index contributed by atoms with van der Waals surface area (Å²) in [6.07, 6.45) is 3.40. The summed E-state index contributed by atoms with van der Waals surface area (Å²) in [6, 6.07) is 12.4. The Hall–Kier alpha value is -4.91. The molecule has 2 heterocycles. The van der Waals surface area contributed by atoms with Crippen molar-refractivity contribution in [2.45, 2.75) is 90.9 Å². The van der Waals surface area contributed by atoms with Crippen molar-refractivity contribution < 1.29 is 39.0 Å². The summed E-state index contributed by atoms with van der Waals surface area (Å²) in [7, 11) is 3.95. The van der Waals surface area contributed by atoms with E-state index in [1.165, 1.54) is 30.0 Å². The van der Waals surface area contributed by atoms with Crippen LogP contribution in [-0.2, 0) is 35.3 Å². The third kappa shape index (κ3) is 20.6. The molecule has 2 aromatic carbocycles. The van der Waals surface area contributed by atoms with E-state index in [2.05, 4.69) is 62.2 Å². The van der Waals surface area contributed by atoms with Crippen LogP contribution in [0.15, 0.2) is 53.5 Å². The van der Waals surface area contributed by atoms with Crippen LogP contribution in [0.2, 0.25) is 0 Å². The highest BCUT2D eigenvalue weighted by atomic mass is 32.2. The number of aliphatic imine (C=N–C) groups is 1. The Morgan fingerprint density at radius 3 is 2.19 bits per heavy atom. The first-order valence-corrected chi connectivity index (χ1v) is 21.4. The van der Waals surface area contributed by atoms with E-state index < -0.39 is 35.9 Å². The Bertz CT molecular complexity index is 1820. The number of aromatic nitrogens is 1. The largest absolute Gasteiger partial charge is 0.483 e. The summed E-state index contributed by atoms with van der Waals surface area (Å²) >= 11 is 2.71. The highest BCUT2D eigenvalue weighted by Gasteiger charge is 2.28. The van der Waals surface area contributed by atoms with Crippen molar-refractivity contribution in [3.63, 3.8) is 0 Å². The quantitative estimate of drug-likeness (QED) is 0.0586. The van der Waals surface area contributed by atoms with Crippen LogP contribution in [0.3, 0.4) is 0 Å². The van der Waals surface area contributed by atoms with Gasteiger partial charge in [-0.1, -0.05) is 51.1 Å². The Morgan fingerprint density at radius 2 is 1.58 bits per heavy atom. The van der Waals surface area contributed by atoms with Crippen molar-refractivity contribution in [1.29, 1.82) is 0 Å². The molecule has 2 unspecified atom stereocenters. The summed E-state index contributed by atoms with van der Waals surface area (Å²) in [6.45, 7) is 9.50. The molecule has 0 aliphatic carbocycles. The lowest BCUT2D eigenvalue weighted by Crippen LogP contribution is -2.53. The van der Waals surface area contributed by atoms with Gasteiger partial charge in [0, 0.05) is 31.5 Å². The number of carbonyl (C=O) groups excluding carboxylic acids is 4. The second-order valence-corrected chi connectivity index (χ2v) is 16.7. The number of thioether (sulfide) groups is 1. The fraction of sp³-hybridized carbons (Fsp3) is 0.512. The molecule has 0 saturated heterocycles. The van der Waals surface area contributed by atoms with Gasteiger partial charge in [-0.05, 0) is 88.8 Å². The number of nitrogens with zero attached hydrogens (tertiary/aromatic N) is 3. The lowest BCUT2D eigenvalue weighted by atomic mass is 10.0. The number of carbonyl (C=O) groups is 6. The van der Waals surface area contributed by atoms with Gasteiger partial charge in [-0.3, -0.25) is 29.0 Å². The first-order chi connectivity index (χ1) is 28.1. The maximum absolute atomic E-state index is 13.8. The van der Waals surface area contributed by atoms with E-state index >= 15 is 0 Å². The van der Waals surface area contributed by atoms with Crippen LogP contribution >= 0.6 is 23.1 Å². The molecule has 0 saturated carbocycles. The molecule has 18 heteroatoms. The van der Waals surface area contributed by atoms with E-state index in [1.807, 2.05) is 44.4 Å². The van der Waals surface area contributed by atoms with Crippen molar-refractivity contribution in [2.75, 3.05) is 44.8 Å². The van der Waals surface area contributed by atoms with Gasteiger partial charge in [-0.15, -0.1) is 23.1 Å². The topological polar surface area (TPSA) is 232 Å². The molecule has 3 aromatic rings. The predicted octanol–water partition coefficient (Wildman–Crippen LogP) is 4.34. The van der Waals surface area contributed by atoms with Gasteiger partial charge < -0.3 is 41.7 Å². The number of carboxylic acid groups (broad SMARTS) is 2. The van der Waals surface area contributed by atoms with E-state index in [-0.39, 0.29) is 24.8 Å². The summed E-state index contributed by atoms with van der Waals surface area (Å²) in [4.78, 5) is 82.5. The molecular weight excluding hydrogens is 797 g/mol. The molecule has 0 spiro atoms. The summed E-state index contributed by atoms with van der Waals surface area (Å²) < 4.78 is 0.784. The Morgan fingerprint density at radius 1 is 0.932 bits per heavy atom. The zero-order chi connectivity index (χ0) is 43.7. The van der Waals surface area contributed by atoms with Gasteiger partial charge in [0.15, 0.2) is 6.04 Å². The molecule has 7 N–H and O–H groups in total. The lowest BCUT2D eigenvalue weighted by Gasteiger charge is -2.24. The Labute approximate surface area is 354 Å². The standard InChI is InChI=1S/C36H48N8O6S2.C4H10.CH2O2/c1-23(45)38-17-9-7-13-28(32(47)39-25-15-16-26-30(19-25)52-35(42-26)34-43-29(22-51-34)36(49)50)41-33(48)27(14-8-10-18-44(2)3)40-31(46)21-37-20-24-11-5-4-6-12-24;1-4(2)3;2-1-3/h4-6,11-12,15-16,19,27-29,37H,7-10,13-14,17-18,20-22H2,1-3H3,(H,38,45)(H,39,47)(H,40,46)(H,41,48)(H,49,50);4H,1-3H3;1H,(H,2,3)/t27?,28-,29?;;/m0../s1. The zero-order valence-corrected chi connectivity index (χ0v) is 36.4. The second kappa shape index (κ2) is 27.7. The number of amides is 4. The number of benzene rings is 2. The van der Waals surface area contributed by atoms with Crippen LogP contribution in [0, 0.1) is 5.92 Å². The first-order valence-electron chi connectivity index (χ1n) is 19.6. The smallest absolute Gasteiger partial charge is 0.329 e. The van der Waals surface area contributed by atoms with Gasteiger partial charge in [0.2, 0.25) is 23.6 Å². The third-order valence-corrected chi connectivity index (χ3v) is 10.4. The zero-order valence-electron chi connectivity index (χ0n) is 34.8. The normalized spacial score (nSPS) is 14.2. The molecule has 16 nitrogen and oxygen atoms in total. The molecular formula is C41H60N8O8S2. The molecule has 59 heavy (non-hydrogen) atoms. The maximum Gasteiger partial charge on any atom is 0.329 e. The highest BCUT2D eigenvalue weighted by molar-refractivity contribution is 8.15. The minimum Gasteiger partial charge on any atom is -0.483 e. The molecule has 0 bridgehead atoms. The number of carboxylic acids is 1. The summed E-state index contributed by atoms with van der Waals surface area (Å²) in [5, 5.41) is 32.0. The van der Waals surface area contributed by atoms with E-state index in [1.54, 1.807) is 18.2 Å². The highest BCUT2D eigenvalue weighted by Crippen LogP contribution is 2.31. The van der Waals surface area contributed by atoms with Crippen LogP contribution < -0.4 is 26.6 Å². The maximum atomic E-state index is 13.8. The summed E-state index contributed by atoms with van der Waals surface area (Å²) in [5.41, 5.74) is 2.23. The van der Waals surface area contributed by atoms with Crippen molar-refractivity contribution >= 4 is 80.1 Å². The fourth-order valence-corrected chi connectivity index (χ4v) is 7.53. The number of unbranched alkanes of at least 4 members (excludes halogenated alkanes) is 2. The summed E-state index contributed by atoms with van der Waals surface area (Å²) in [5.74, 6) is -1.11. The number of thiazole rings is 1. The number of hydrogen-bond donors (Lipinski definition) is 7. The van der Waals surface area contributed by atoms with Gasteiger partial charge >= 0.3 is 5.97 Å². The molecule has 1 aliphatic rings. The number of rotatable bonds is 21. The van der Waals surface area contributed by atoms with Crippen LogP contribution in [-0.4, -0.2) is 119 Å². The van der Waals surface area contributed by atoms with Gasteiger partial charge in [-0.2, -0.15) is 0 Å². The molecule has 0 radical (unpaired) electrons. The monoisotopic (exact) mass is 856 g/mol. The number of hydrogen-bond acceptors (Lipinski definition) is 12. The molecule has 4 rings (SSSR count). The Kier molecular flexibility index (Phi) is 23.6. The molecule has 1 aliphatic heterocycles. The van der Waals surface area contributed by atoms with Crippen molar-refractivity contribution in [2.24, 2.45) is 10.9 Å². The number of aliphatic carboxylic acids is 1. The van der Waals surface area contributed by atoms with E-state index in [0.29, 0.717) is 72.2 Å². The van der Waals surface area contributed by atoms with Gasteiger partial charge in [0.05, 0.1) is 16.8 Å². The van der Waals surface area contributed by atoms with E-state index in [0.717, 1.165) is 29.1 Å². The van der Waals surface area contributed by atoms with Crippen LogP contribution in [0.1, 0.15) is 76.8 Å². The number of nitrogens with one attached hydrogen (secondary N) is 5. The van der Waals surface area contributed by atoms with Crippen molar-refractivity contribution in [3.05, 3.63) is 59.1 Å². The van der Waals surface area contributed by atoms with Gasteiger partial charge in [0.1, 0.15) is 22.1 Å². The first kappa shape index (κ1) is 50.2. The van der Waals surface area contributed by atoms with E-state index in [4.69, 9.17) is 9.90 Å². The molecule has 1 aromatic heterocycles. The average Bonchev–Trinajstić information content (AvgIpc) is 3.84. The minimum absolute atomic E-state index is 0.0252. The predicted molar refractivity (Wildman–Crippen MR) is 235 cm³/mol. The molecule has 3 atom stereocenters. The van der Waals surface area contributed by atoms with Gasteiger partial charge in [0.25, 0.3) is 6.47 Å². The van der Waals surface area contributed by atoms with Gasteiger partial charge in [-0.25, -0.2) is 9.78 Å². The van der Waals surface area contributed by atoms with E-state index in [9.17, 15) is 29.1 Å². The molecule has 4 amide bonds. The molecule has 324 valence electrons. The average molecular weight is 857 g/mol. The SMILES string of the molecule is CC(=O)NCCCC[C@H](NC(=O)C(CCCCN(C)C)NC(=O)CNCc1ccccc1)C(=O)Nc1ccc2nc(C3=NC(C(=O)O)CS3)sc2c1.CC(C)C.O=CO.